The molecule has 60 heavy (non-hydrogen) atoms. The highest BCUT2D eigenvalue weighted by Gasteiger charge is 2.49. The number of cyclic esters (lactones) is 1. The van der Waals surface area contributed by atoms with E-state index in [1.165, 1.54) is 5.01 Å². The number of fused-ring (bicyclic) bond motifs is 5. The van der Waals surface area contributed by atoms with Gasteiger partial charge >= 0.3 is 5.97 Å². The van der Waals surface area contributed by atoms with Gasteiger partial charge in [0.05, 0.1) is 47.9 Å². The summed E-state index contributed by atoms with van der Waals surface area (Å²) in [5, 5.41) is 6.50. The van der Waals surface area contributed by atoms with E-state index in [0.29, 0.717) is 57.9 Å². The molecule has 2 N–H and O–H groups in total. The first-order valence-corrected chi connectivity index (χ1v) is 22.8. The zero-order chi connectivity index (χ0) is 42.7. The van der Waals surface area contributed by atoms with Crippen LogP contribution in [0.3, 0.4) is 0 Å². The molecule has 2 aromatic rings. The summed E-state index contributed by atoms with van der Waals surface area (Å²) in [6.07, 6.45) is 7.23. The Morgan fingerprint density at radius 2 is 1.97 bits per heavy atom. The van der Waals surface area contributed by atoms with E-state index in [9.17, 15) is 14.4 Å². The number of benzene rings is 1. The first-order chi connectivity index (χ1) is 28.8. The van der Waals surface area contributed by atoms with Crippen molar-refractivity contribution in [1.82, 2.24) is 20.3 Å². The Labute approximate surface area is 359 Å². The third kappa shape index (κ3) is 9.62. The first-order valence-electron chi connectivity index (χ1n) is 21.8. The second kappa shape index (κ2) is 19.1. The van der Waals surface area contributed by atoms with Crippen LogP contribution in [0.25, 0.3) is 16.5 Å². The summed E-state index contributed by atoms with van der Waals surface area (Å²) < 4.78 is 26.5. The summed E-state index contributed by atoms with van der Waals surface area (Å²) in [5.74, 6) is 0.338. The van der Waals surface area contributed by atoms with E-state index >= 15 is 0 Å². The first kappa shape index (κ1) is 44.2. The number of aliphatic imine (C=N–C) groups is 2. The van der Waals surface area contributed by atoms with E-state index in [4.69, 9.17) is 28.9 Å². The minimum absolute atomic E-state index is 0.108. The molecule has 7 atom stereocenters. The lowest BCUT2D eigenvalue weighted by Gasteiger charge is -2.35. The van der Waals surface area contributed by atoms with Crippen molar-refractivity contribution in [1.29, 1.82) is 0 Å². The van der Waals surface area contributed by atoms with E-state index in [-0.39, 0.29) is 60.8 Å². The van der Waals surface area contributed by atoms with Crippen molar-refractivity contribution in [3.05, 3.63) is 53.4 Å². The number of methoxy groups -OCH3 is 1. The van der Waals surface area contributed by atoms with Crippen LogP contribution in [-0.4, -0.2) is 109 Å². The summed E-state index contributed by atoms with van der Waals surface area (Å²) in [4.78, 5) is 51.6. The van der Waals surface area contributed by atoms with Crippen molar-refractivity contribution >= 4 is 57.3 Å². The number of esters is 1. The topological polar surface area (TPSA) is 145 Å². The van der Waals surface area contributed by atoms with E-state index in [1.807, 2.05) is 19.9 Å². The summed E-state index contributed by atoms with van der Waals surface area (Å²) in [5.41, 5.74) is 8.49. The number of ether oxygens (including phenoxy) is 4. The minimum Gasteiger partial charge on any atom is -0.464 e. The number of aromatic nitrogens is 1. The van der Waals surface area contributed by atoms with Crippen LogP contribution in [0, 0.1) is 23.2 Å². The van der Waals surface area contributed by atoms with Crippen LogP contribution in [0.5, 0.6) is 0 Å². The van der Waals surface area contributed by atoms with Crippen molar-refractivity contribution in [2.24, 2.45) is 33.2 Å². The van der Waals surface area contributed by atoms with Gasteiger partial charge in [0.25, 0.3) is 5.91 Å². The minimum atomic E-state index is -0.824. The molecule has 1 aromatic carbocycles. The molecule has 1 saturated carbocycles. The van der Waals surface area contributed by atoms with E-state index in [2.05, 4.69) is 67.8 Å². The van der Waals surface area contributed by atoms with E-state index in [1.54, 1.807) is 25.1 Å². The van der Waals surface area contributed by atoms with Crippen LogP contribution in [0.4, 0.5) is 0 Å². The molecule has 5 aliphatic rings. The Bertz CT molecular complexity index is 2030. The Morgan fingerprint density at radius 3 is 2.67 bits per heavy atom. The van der Waals surface area contributed by atoms with Crippen molar-refractivity contribution in [2.75, 3.05) is 45.8 Å². The fraction of sp³-hybridized carbons (Fsp3) is 0.630. The van der Waals surface area contributed by atoms with Crippen molar-refractivity contribution in [3.8, 4) is 0 Å². The van der Waals surface area contributed by atoms with Gasteiger partial charge in [0.1, 0.15) is 12.1 Å². The maximum Gasteiger partial charge on any atom is 0.324 e. The molecule has 2 amide bonds. The van der Waals surface area contributed by atoms with Gasteiger partial charge in [-0.1, -0.05) is 46.4 Å². The van der Waals surface area contributed by atoms with Crippen LogP contribution in [-0.2, 0) is 46.3 Å². The number of hydrogen-bond donors (Lipinski definition) is 2. The molecule has 5 heterocycles. The third-order valence-corrected chi connectivity index (χ3v) is 14.1. The van der Waals surface area contributed by atoms with Crippen molar-refractivity contribution in [3.63, 3.8) is 0 Å². The van der Waals surface area contributed by atoms with Gasteiger partial charge in [-0.15, -0.1) is 11.8 Å². The average Bonchev–Trinajstić information content (AvgIpc) is 3.50. The number of rotatable bonds is 11. The fourth-order valence-electron chi connectivity index (χ4n) is 9.18. The monoisotopic (exact) mass is 844 g/mol. The average molecular weight is 845 g/mol. The molecule has 1 aromatic heterocycles. The number of carbonyl (C=O) groups excluding carboxylic acids is 3. The maximum atomic E-state index is 14.2. The van der Waals surface area contributed by atoms with Crippen molar-refractivity contribution < 1.29 is 33.3 Å². The normalized spacial score (nSPS) is 28.5. The molecule has 0 spiro atoms. The number of nitrogens with zero attached hydrogens (tertiary/aromatic N) is 4. The Kier molecular flexibility index (Phi) is 14.1. The van der Waals surface area contributed by atoms with Gasteiger partial charge in [0.2, 0.25) is 5.91 Å². The van der Waals surface area contributed by atoms with Crippen LogP contribution in [0.15, 0.2) is 46.5 Å². The number of allylic oxidation sites excluding steroid dienone is 2. The Hall–Kier alpha value is -3.82. The molecule has 3 fully saturated rings. The van der Waals surface area contributed by atoms with Crippen LogP contribution >= 0.6 is 11.8 Å². The van der Waals surface area contributed by atoms with E-state index in [0.717, 1.165) is 56.9 Å². The number of thioether (sulfide) groups is 1. The molecular weight excluding hydrogens is 781 g/mol. The van der Waals surface area contributed by atoms with Gasteiger partial charge in [0.15, 0.2) is 0 Å². The predicted molar refractivity (Wildman–Crippen MR) is 237 cm³/mol. The molecule has 1 aliphatic carbocycles. The quantitative estimate of drug-likeness (QED) is 0.148. The number of hydrogen-bond acceptors (Lipinski definition) is 11. The molecule has 326 valence electrons. The summed E-state index contributed by atoms with van der Waals surface area (Å²) >= 11 is 1.63. The molecule has 7 rings (SSSR count). The SMILES string of the molecule is C=C/C(=C(\N=C/C)[C@H](C)OC)c1c2c3cc(ccc3n1CCOC1CCOCC1)C1CSC(=N1)C[C@H](NC(=O)[C@H]1[C@H](C)[C@@H]1C)C(=O)N1CCC[C@H](N1)C(=O)OCC(C)(C)C2. The molecule has 13 nitrogen and oxygen atoms in total. The Balaban J connectivity index is 1.35. The lowest BCUT2D eigenvalue weighted by atomic mass is 9.84. The van der Waals surface area contributed by atoms with Crippen LogP contribution in [0.1, 0.15) is 96.5 Å². The molecule has 4 aliphatic heterocycles. The highest BCUT2D eigenvalue weighted by Crippen LogP contribution is 2.46. The van der Waals surface area contributed by atoms with Gasteiger partial charge < -0.3 is 28.8 Å². The summed E-state index contributed by atoms with van der Waals surface area (Å²) in [7, 11) is 1.69. The lowest BCUT2D eigenvalue weighted by Crippen LogP contribution is -2.60. The molecule has 0 radical (unpaired) electrons. The van der Waals surface area contributed by atoms with Crippen LogP contribution < -0.4 is 10.7 Å². The van der Waals surface area contributed by atoms with E-state index < -0.39 is 23.5 Å². The molecule has 2 saturated heterocycles. The van der Waals surface area contributed by atoms with Crippen LogP contribution in [0.2, 0.25) is 0 Å². The fourth-order valence-corrected chi connectivity index (χ4v) is 10.3. The number of amides is 2. The summed E-state index contributed by atoms with van der Waals surface area (Å²) in [6.45, 7) is 19.7. The number of carbonyl (C=O) groups is 3. The number of nitrogens with one attached hydrogen (secondary N) is 2. The van der Waals surface area contributed by atoms with Gasteiger partial charge in [-0.3, -0.25) is 29.4 Å². The zero-order valence-corrected chi connectivity index (χ0v) is 37.3. The van der Waals surface area contributed by atoms with Gasteiger partial charge in [-0.25, -0.2) is 5.43 Å². The molecular formula is C46H64N6O7S. The Morgan fingerprint density at radius 1 is 1.20 bits per heavy atom. The second-order valence-electron chi connectivity index (χ2n) is 17.8. The molecule has 14 heteroatoms. The highest BCUT2D eigenvalue weighted by atomic mass is 32.2. The molecule has 6 bridgehead atoms. The molecule has 1 unspecified atom stereocenters. The zero-order valence-electron chi connectivity index (χ0n) is 36.5. The van der Waals surface area contributed by atoms with Gasteiger partial charge in [-0.05, 0) is 81.0 Å². The smallest absolute Gasteiger partial charge is 0.324 e. The third-order valence-electron chi connectivity index (χ3n) is 13.0. The van der Waals surface area contributed by atoms with Crippen molar-refractivity contribution in [2.45, 2.75) is 117 Å². The highest BCUT2D eigenvalue weighted by molar-refractivity contribution is 8.14. The van der Waals surface area contributed by atoms with Gasteiger partial charge in [0, 0.05) is 79.6 Å². The largest absolute Gasteiger partial charge is 0.464 e. The second-order valence-corrected chi connectivity index (χ2v) is 18.9. The van der Waals surface area contributed by atoms with Gasteiger partial charge in [-0.2, -0.15) is 0 Å². The maximum absolute atomic E-state index is 14.2. The summed E-state index contributed by atoms with van der Waals surface area (Å²) in [6, 6.07) is 4.94. The standard InChI is InChI=1S/C46H64N6O7S/c1-9-32(41(47-10-2)29(5)56-8)42-34-24-46(6,7)26-59-45(55)35-12-11-17-52(50-35)44(54)36(49-43(53)40-27(3)28(40)4)23-39-48-37(25-60-39)30-13-14-38(33(34)22-30)51(42)18-21-58-31-15-19-57-20-16-31/h9-10,13-14,22,27-29,31,35-37,40,50H,1,11-12,15-21,23-26H2,2-8H3,(H,49,53)/b41-32+,47-10-/t27-,28+,29-,35-,36-,37?,40+/m0/s1. The predicted octanol–water partition coefficient (Wildman–Crippen LogP) is 6.44. The number of hydrazine groups is 1. The lowest BCUT2D eigenvalue weighted by molar-refractivity contribution is -0.155.